The van der Waals surface area contributed by atoms with E-state index in [1.165, 1.54) is 16.7 Å². The summed E-state index contributed by atoms with van der Waals surface area (Å²) in [6.07, 6.45) is 0. The van der Waals surface area contributed by atoms with Gasteiger partial charge in [-0.25, -0.2) is 0 Å². The molecule has 18 heavy (non-hydrogen) atoms. The van der Waals surface area contributed by atoms with E-state index in [0.29, 0.717) is 5.92 Å². The maximum Gasteiger partial charge on any atom is 0.0347 e. The van der Waals surface area contributed by atoms with Crippen LogP contribution in [0, 0.1) is 5.92 Å². The molecule has 0 amide bonds. The van der Waals surface area contributed by atoms with Crippen molar-refractivity contribution in [2.75, 3.05) is 13.1 Å². The molecule has 1 heterocycles. The van der Waals surface area contributed by atoms with Crippen molar-refractivity contribution in [2.24, 2.45) is 11.7 Å². The highest BCUT2D eigenvalue weighted by atomic mass is 15.0. The van der Waals surface area contributed by atoms with Crippen molar-refractivity contribution in [1.82, 2.24) is 5.32 Å². The summed E-state index contributed by atoms with van der Waals surface area (Å²) < 4.78 is 0. The molecule has 0 bridgehead atoms. The summed E-state index contributed by atoms with van der Waals surface area (Å²) in [4.78, 5) is 0. The molecule has 1 atom stereocenters. The molecule has 2 aromatic rings. The average Bonchev–Trinajstić information content (AvgIpc) is 2.38. The topological polar surface area (TPSA) is 38.0 Å². The van der Waals surface area contributed by atoms with Gasteiger partial charge >= 0.3 is 0 Å². The lowest BCUT2D eigenvalue weighted by atomic mass is 9.88. The van der Waals surface area contributed by atoms with E-state index in [2.05, 4.69) is 53.8 Å². The highest BCUT2D eigenvalue weighted by Gasteiger charge is 2.24. The second-order valence-electron chi connectivity index (χ2n) is 4.93. The average molecular weight is 238 g/mol. The fourth-order valence-corrected chi connectivity index (χ4v) is 2.37. The van der Waals surface area contributed by atoms with Crippen molar-refractivity contribution in [3.8, 4) is 11.1 Å². The van der Waals surface area contributed by atoms with E-state index in [9.17, 15) is 0 Å². The molecule has 1 unspecified atom stereocenters. The Morgan fingerprint density at radius 3 is 2.06 bits per heavy atom. The minimum absolute atomic E-state index is 0.163. The van der Waals surface area contributed by atoms with Crippen LogP contribution in [-0.4, -0.2) is 13.1 Å². The Kier molecular flexibility index (Phi) is 3.13. The van der Waals surface area contributed by atoms with Crippen LogP contribution in [0.15, 0.2) is 54.6 Å². The molecule has 0 saturated carbocycles. The van der Waals surface area contributed by atoms with Gasteiger partial charge in [0.15, 0.2) is 0 Å². The number of nitrogens with one attached hydrogen (secondary N) is 1. The van der Waals surface area contributed by atoms with Gasteiger partial charge in [0.05, 0.1) is 0 Å². The van der Waals surface area contributed by atoms with Crippen molar-refractivity contribution >= 4 is 0 Å². The minimum atomic E-state index is 0.163. The van der Waals surface area contributed by atoms with Gasteiger partial charge < -0.3 is 11.1 Å². The Labute approximate surface area is 108 Å². The van der Waals surface area contributed by atoms with E-state index in [4.69, 9.17) is 5.73 Å². The Balaban J connectivity index is 1.80. The van der Waals surface area contributed by atoms with Crippen molar-refractivity contribution in [3.05, 3.63) is 60.2 Å². The summed E-state index contributed by atoms with van der Waals surface area (Å²) in [6.45, 7) is 2.09. The lowest BCUT2D eigenvalue weighted by molar-refractivity contribution is 0.295. The molecule has 1 aliphatic heterocycles. The summed E-state index contributed by atoms with van der Waals surface area (Å²) in [5.41, 5.74) is 9.99. The molecule has 0 spiro atoms. The van der Waals surface area contributed by atoms with Gasteiger partial charge in [-0.15, -0.1) is 0 Å². The first-order valence-corrected chi connectivity index (χ1v) is 6.46. The van der Waals surface area contributed by atoms with Crippen LogP contribution in [0.4, 0.5) is 0 Å². The highest BCUT2D eigenvalue weighted by Crippen LogP contribution is 2.25. The summed E-state index contributed by atoms with van der Waals surface area (Å²) >= 11 is 0. The van der Waals surface area contributed by atoms with Gasteiger partial charge in [0, 0.05) is 25.0 Å². The molecule has 2 aromatic carbocycles. The van der Waals surface area contributed by atoms with E-state index in [-0.39, 0.29) is 6.04 Å². The summed E-state index contributed by atoms with van der Waals surface area (Å²) in [7, 11) is 0. The van der Waals surface area contributed by atoms with Crippen LogP contribution in [-0.2, 0) is 0 Å². The third kappa shape index (κ3) is 2.17. The summed E-state index contributed by atoms with van der Waals surface area (Å²) in [5.74, 6) is 0.590. The lowest BCUT2D eigenvalue weighted by Crippen LogP contribution is -2.47. The fourth-order valence-electron chi connectivity index (χ4n) is 2.37. The zero-order chi connectivity index (χ0) is 12.4. The van der Waals surface area contributed by atoms with Crippen LogP contribution < -0.4 is 11.1 Å². The molecule has 2 nitrogen and oxygen atoms in total. The van der Waals surface area contributed by atoms with Crippen molar-refractivity contribution in [3.63, 3.8) is 0 Å². The molecule has 0 aliphatic carbocycles. The first-order valence-electron chi connectivity index (χ1n) is 6.46. The molecule has 2 heteroatoms. The first kappa shape index (κ1) is 11.5. The van der Waals surface area contributed by atoms with Crippen molar-refractivity contribution in [1.29, 1.82) is 0 Å². The van der Waals surface area contributed by atoms with Crippen LogP contribution in [0.3, 0.4) is 0 Å². The maximum atomic E-state index is 6.25. The number of hydrogen-bond donors (Lipinski definition) is 2. The standard InChI is InChI=1S/C16H18N2/c17-16(15-10-18-11-15)14-8-6-13(7-9-14)12-4-2-1-3-5-12/h1-9,15-16,18H,10-11,17H2. The zero-order valence-electron chi connectivity index (χ0n) is 10.3. The van der Waals surface area contributed by atoms with Gasteiger partial charge in [-0.1, -0.05) is 54.6 Å². The molecular formula is C16H18N2. The smallest absolute Gasteiger partial charge is 0.0347 e. The Hall–Kier alpha value is -1.64. The second-order valence-corrected chi connectivity index (χ2v) is 4.93. The molecule has 0 aromatic heterocycles. The van der Waals surface area contributed by atoms with Crippen molar-refractivity contribution < 1.29 is 0 Å². The normalized spacial score (nSPS) is 17.2. The molecule has 3 N–H and O–H groups in total. The minimum Gasteiger partial charge on any atom is -0.324 e. The molecular weight excluding hydrogens is 220 g/mol. The monoisotopic (exact) mass is 238 g/mol. The van der Waals surface area contributed by atoms with E-state index in [1.54, 1.807) is 0 Å². The molecule has 0 radical (unpaired) electrons. The van der Waals surface area contributed by atoms with E-state index in [0.717, 1.165) is 13.1 Å². The van der Waals surface area contributed by atoms with E-state index >= 15 is 0 Å². The van der Waals surface area contributed by atoms with Crippen LogP contribution >= 0.6 is 0 Å². The Morgan fingerprint density at radius 1 is 0.889 bits per heavy atom. The SMILES string of the molecule is NC(c1ccc(-c2ccccc2)cc1)C1CNC1. The zero-order valence-corrected chi connectivity index (χ0v) is 10.3. The molecule has 92 valence electrons. The van der Waals surface area contributed by atoms with Crippen molar-refractivity contribution in [2.45, 2.75) is 6.04 Å². The van der Waals surface area contributed by atoms with Gasteiger partial charge in [0.1, 0.15) is 0 Å². The molecule has 1 aliphatic rings. The number of benzene rings is 2. The van der Waals surface area contributed by atoms with Gasteiger partial charge in [-0.2, -0.15) is 0 Å². The fraction of sp³-hybridized carbons (Fsp3) is 0.250. The largest absolute Gasteiger partial charge is 0.324 e. The summed E-state index contributed by atoms with van der Waals surface area (Å²) in [6, 6.07) is 19.2. The Bertz CT molecular complexity index is 500. The third-order valence-corrected chi connectivity index (χ3v) is 3.72. The van der Waals surface area contributed by atoms with Gasteiger partial charge in [-0.3, -0.25) is 0 Å². The molecule has 1 saturated heterocycles. The summed E-state index contributed by atoms with van der Waals surface area (Å²) in [5, 5.41) is 3.27. The Morgan fingerprint density at radius 2 is 1.50 bits per heavy atom. The lowest BCUT2D eigenvalue weighted by Gasteiger charge is -2.32. The van der Waals surface area contributed by atoms with Gasteiger partial charge in [-0.05, 0) is 16.7 Å². The third-order valence-electron chi connectivity index (χ3n) is 3.72. The second kappa shape index (κ2) is 4.92. The van der Waals surface area contributed by atoms with Crippen LogP contribution in [0.25, 0.3) is 11.1 Å². The molecule has 3 rings (SSSR count). The quantitative estimate of drug-likeness (QED) is 0.862. The van der Waals surface area contributed by atoms with E-state index < -0.39 is 0 Å². The predicted molar refractivity (Wildman–Crippen MR) is 75.2 cm³/mol. The highest BCUT2D eigenvalue weighted by molar-refractivity contribution is 5.63. The van der Waals surface area contributed by atoms with Crippen LogP contribution in [0.1, 0.15) is 11.6 Å². The van der Waals surface area contributed by atoms with Gasteiger partial charge in [0.2, 0.25) is 0 Å². The maximum absolute atomic E-state index is 6.25. The predicted octanol–water partition coefficient (Wildman–Crippen LogP) is 2.57. The first-order chi connectivity index (χ1) is 8.84. The number of hydrogen-bond acceptors (Lipinski definition) is 2. The number of nitrogens with two attached hydrogens (primary N) is 1. The van der Waals surface area contributed by atoms with E-state index in [1.807, 2.05) is 6.07 Å². The van der Waals surface area contributed by atoms with Crippen LogP contribution in [0.2, 0.25) is 0 Å². The van der Waals surface area contributed by atoms with Crippen LogP contribution in [0.5, 0.6) is 0 Å². The van der Waals surface area contributed by atoms with Gasteiger partial charge in [0.25, 0.3) is 0 Å². The number of rotatable bonds is 3. The molecule has 1 fully saturated rings.